The SMILES string of the molecule is COC(=O)CCCC[C@H]1SC[C@@H]2NC(=O)N[C@H]21. The molecule has 2 rings (SSSR count). The largest absolute Gasteiger partial charge is 0.469 e. The molecule has 2 aliphatic heterocycles. The third kappa shape index (κ3) is 3.06. The highest BCUT2D eigenvalue weighted by atomic mass is 32.2. The highest BCUT2D eigenvalue weighted by molar-refractivity contribution is 8.00. The lowest BCUT2D eigenvalue weighted by atomic mass is 10.0. The Morgan fingerprint density at radius 2 is 2.29 bits per heavy atom. The van der Waals surface area contributed by atoms with Crippen molar-refractivity contribution in [2.45, 2.75) is 43.0 Å². The zero-order valence-corrected chi connectivity index (χ0v) is 10.7. The van der Waals surface area contributed by atoms with Crippen molar-refractivity contribution in [1.29, 1.82) is 0 Å². The van der Waals surface area contributed by atoms with Gasteiger partial charge in [-0.3, -0.25) is 4.79 Å². The molecule has 5 nitrogen and oxygen atoms in total. The van der Waals surface area contributed by atoms with E-state index in [4.69, 9.17) is 0 Å². The van der Waals surface area contributed by atoms with Gasteiger partial charge in [0.2, 0.25) is 0 Å². The summed E-state index contributed by atoms with van der Waals surface area (Å²) in [6.45, 7) is 0. The fourth-order valence-electron chi connectivity index (χ4n) is 2.36. The van der Waals surface area contributed by atoms with Crippen LogP contribution in [0.15, 0.2) is 0 Å². The zero-order chi connectivity index (χ0) is 12.3. The van der Waals surface area contributed by atoms with Crippen LogP contribution in [0.1, 0.15) is 25.7 Å². The van der Waals surface area contributed by atoms with Crippen LogP contribution in [0.2, 0.25) is 0 Å². The van der Waals surface area contributed by atoms with Gasteiger partial charge in [-0.2, -0.15) is 11.8 Å². The molecule has 2 N–H and O–H groups in total. The number of rotatable bonds is 5. The van der Waals surface area contributed by atoms with E-state index in [0.29, 0.717) is 11.7 Å². The number of unbranched alkanes of at least 4 members (excludes halogenated alkanes) is 1. The Morgan fingerprint density at radius 1 is 1.47 bits per heavy atom. The number of methoxy groups -OCH3 is 1. The Labute approximate surface area is 105 Å². The average Bonchev–Trinajstić information content (AvgIpc) is 2.84. The van der Waals surface area contributed by atoms with Gasteiger partial charge in [-0.15, -0.1) is 0 Å². The minimum atomic E-state index is -0.141. The molecule has 0 aromatic rings. The van der Waals surface area contributed by atoms with Gasteiger partial charge in [0.25, 0.3) is 0 Å². The summed E-state index contributed by atoms with van der Waals surface area (Å²) in [4.78, 5) is 22.1. The first kappa shape index (κ1) is 12.5. The van der Waals surface area contributed by atoms with Crippen molar-refractivity contribution >= 4 is 23.8 Å². The number of fused-ring (bicyclic) bond motifs is 1. The summed E-state index contributed by atoms with van der Waals surface area (Å²) in [6.07, 6.45) is 3.41. The van der Waals surface area contributed by atoms with E-state index in [9.17, 15) is 9.59 Å². The van der Waals surface area contributed by atoms with Crippen molar-refractivity contribution in [3.8, 4) is 0 Å². The molecule has 0 aromatic carbocycles. The van der Waals surface area contributed by atoms with E-state index in [2.05, 4.69) is 15.4 Å². The molecule has 0 aliphatic carbocycles. The predicted octanol–water partition coefficient (Wildman–Crippen LogP) is 0.885. The van der Waals surface area contributed by atoms with Crippen LogP contribution >= 0.6 is 11.8 Å². The van der Waals surface area contributed by atoms with Crippen LogP contribution in [0.3, 0.4) is 0 Å². The molecule has 0 unspecified atom stereocenters. The van der Waals surface area contributed by atoms with Gasteiger partial charge in [-0.1, -0.05) is 6.42 Å². The second-order valence-corrected chi connectivity index (χ2v) is 5.72. The first-order chi connectivity index (χ1) is 8.20. The summed E-state index contributed by atoms with van der Waals surface area (Å²) in [5.74, 6) is 0.850. The maximum atomic E-state index is 11.2. The molecular formula is C11H18N2O3S. The van der Waals surface area contributed by atoms with Gasteiger partial charge < -0.3 is 15.4 Å². The molecule has 2 fully saturated rings. The maximum Gasteiger partial charge on any atom is 0.315 e. The van der Waals surface area contributed by atoms with E-state index in [-0.39, 0.29) is 24.1 Å². The van der Waals surface area contributed by atoms with Crippen LogP contribution in [-0.4, -0.2) is 42.2 Å². The van der Waals surface area contributed by atoms with E-state index < -0.39 is 0 Å². The number of esters is 1. The Kier molecular flexibility index (Phi) is 4.15. The lowest BCUT2D eigenvalue weighted by Crippen LogP contribution is -2.36. The first-order valence-electron chi connectivity index (χ1n) is 5.96. The highest BCUT2D eigenvalue weighted by Gasteiger charge is 2.42. The minimum absolute atomic E-state index is 0.0418. The molecule has 0 aromatic heterocycles. The number of hydrogen-bond acceptors (Lipinski definition) is 4. The highest BCUT2D eigenvalue weighted by Crippen LogP contribution is 2.33. The molecule has 2 saturated heterocycles. The van der Waals surface area contributed by atoms with E-state index in [1.165, 1.54) is 7.11 Å². The number of urea groups is 1. The summed E-state index contributed by atoms with van der Waals surface area (Å²) >= 11 is 1.91. The fourth-order valence-corrected chi connectivity index (χ4v) is 3.90. The van der Waals surface area contributed by atoms with Crippen molar-refractivity contribution in [2.24, 2.45) is 0 Å². The van der Waals surface area contributed by atoms with E-state index in [0.717, 1.165) is 25.0 Å². The molecular weight excluding hydrogens is 240 g/mol. The average molecular weight is 258 g/mol. The summed E-state index contributed by atoms with van der Waals surface area (Å²) < 4.78 is 4.59. The molecule has 0 spiro atoms. The van der Waals surface area contributed by atoms with E-state index in [1.54, 1.807) is 0 Å². The van der Waals surface area contributed by atoms with Crippen molar-refractivity contribution in [3.63, 3.8) is 0 Å². The van der Waals surface area contributed by atoms with Crippen LogP contribution < -0.4 is 10.6 Å². The van der Waals surface area contributed by atoms with Crippen LogP contribution in [0.5, 0.6) is 0 Å². The van der Waals surface area contributed by atoms with Crippen molar-refractivity contribution in [1.82, 2.24) is 10.6 Å². The molecule has 6 heteroatoms. The topological polar surface area (TPSA) is 67.4 Å². The standard InChI is InChI=1S/C11H18N2O3S/c1-16-9(14)5-3-2-4-8-10-7(6-17-8)12-11(15)13-10/h7-8,10H,2-6H2,1H3,(H2,12,13,15)/t7-,8+,10+/m0/s1. The molecule has 3 atom stereocenters. The van der Waals surface area contributed by atoms with Crippen LogP contribution in [0.4, 0.5) is 4.79 Å². The summed E-state index contributed by atoms with van der Waals surface area (Å²) in [7, 11) is 1.42. The second kappa shape index (κ2) is 5.62. The molecule has 0 radical (unpaired) electrons. The number of carbonyl (C=O) groups is 2. The van der Waals surface area contributed by atoms with Gasteiger partial charge in [0.1, 0.15) is 0 Å². The van der Waals surface area contributed by atoms with Crippen LogP contribution in [0.25, 0.3) is 0 Å². The van der Waals surface area contributed by atoms with Gasteiger partial charge in [0.15, 0.2) is 0 Å². The van der Waals surface area contributed by atoms with Gasteiger partial charge in [0.05, 0.1) is 19.2 Å². The number of hydrogen-bond donors (Lipinski definition) is 2. The molecule has 2 heterocycles. The lowest BCUT2D eigenvalue weighted by molar-refractivity contribution is -0.140. The number of nitrogens with one attached hydrogen (secondary N) is 2. The van der Waals surface area contributed by atoms with Crippen LogP contribution in [-0.2, 0) is 9.53 Å². The van der Waals surface area contributed by atoms with Crippen LogP contribution in [0, 0.1) is 0 Å². The second-order valence-electron chi connectivity index (χ2n) is 4.44. The van der Waals surface area contributed by atoms with Gasteiger partial charge in [-0.25, -0.2) is 4.79 Å². The number of ether oxygens (including phenoxy) is 1. The molecule has 0 bridgehead atoms. The van der Waals surface area contributed by atoms with Crippen molar-refractivity contribution in [2.75, 3.05) is 12.9 Å². The maximum absolute atomic E-state index is 11.2. The fraction of sp³-hybridized carbons (Fsp3) is 0.818. The van der Waals surface area contributed by atoms with Gasteiger partial charge in [0, 0.05) is 17.4 Å². The molecule has 96 valence electrons. The third-order valence-corrected chi connectivity index (χ3v) is 4.79. The molecule has 0 saturated carbocycles. The Balaban J connectivity index is 1.66. The number of carbonyl (C=O) groups excluding carboxylic acids is 2. The minimum Gasteiger partial charge on any atom is -0.469 e. The quantitative estimate of drug-likeness (QED) is 0.436. The monoisotopic (exact) mass is 258 g/mol. The number of amides is 2. The normalized spacial score (nSPS) is 30.6. The molecule has 2 aliphatic rings. The first-order valence-corrected chi connectivity index (χ1v) is 7.01. The van der Waals surface area contributed by atoms with Gasteiger partial charge >= 0.3 is 12.0 Å². The van der Waals surface area contributed by atoms with E-state index >= 15 is 0 Å². The van der Waals surface area contributed by atoms with Gasteiger partial charge in [-0.05, 0) is 12.8 Å². The summed E-state index contributed by atoms with van der Waals surface area (Å²) in [6, 6.07) is 0.517. The smallest absolute Gasteiger partial charge is 0.315 e. The summed E-state index contributed by atoms with van der Waals surface area (Å²) in [5, 5.41) is 6.37. The molecule has 17 heavy (non-hydrogen) atoms. The van der Waals surface area contributed by atoms with E-state index in [1.807, 2.05) is 11.8 Å². The lowest BCUT2D eigenvalue weighted by Gasteiger charge is -2.16. The van der Waals surface area contributed by atoms with Crippen molar-refractivity contribution < 1.29 is 14.3 Å². The Morgan fingerprint density at radius 3 is 3.06 bits per heavy atom. The number of thioether (sulfide) groups is 1. The van der Waals surface area contributed by atoms with Crippen molar-refractivity contribution in [3.05, 3.63) is 0 Å². The Hall–Kier alpha value is -0.910. The summed E-state index contributed by atoms with van der Waals surface area (Å²) in [5.41, 5.74) is 0. The Bertz CT molecular complexity index is 311. The predicted molar refractivity (Wildman–Crippen MR) is 66.0 cm³/mol. The zero-order valence-electron chi connectivity index (χ0n) is 9.90. The molecule has 2 amide bonds. The third-order valence-electron chi connectivity index (χ3n) is 3.29.